The molecule has 0 aromatic rings. The Morgan fingerprint density at radius 2 is 2.00 bits per heavy atom. The van der Waals surface area contributed by atoms with Crippen molar-refractivity contribution in [2.45, 2.75) is 32.6 Å². The average molecular weight is 176 g/mol. The lowest BCUT2D eigenvalue weighted by Crippen LogP contribution is -2.07. The fourth-order valence-electron chi connectivity index (χ4n) is 0.739. The smallest absolute Gasteiger partial charge is 0.333 e. The third-order valence-corrected chi connectivity index (χ3v) is 1.35. The molecule has 0 saturated heterocycles. The molecule has 0 saturated carbocycles. The van der Waals surface area contributed by atoms with Crippen LogP contribution in [0.4, 0.5) is 0 Å². The molecule has 1 N–H and O–H groups in total. The Morgan fingerprint density at radius 3 is 2.58 bits per heavy atom. The Hall–Kier alpha value is -0.610. The Morgan fingerprint density at radius 1 is 1.25 bits per heavy atom. The molecule has 12 heavy (non-hydrogen) atoms. The monoisotopic (exact) mass is 176 g/mol. The number of unbranched alkanes of at least 4 members (excludes halogenated alkanes) is 3. The molecule has 0 aromatic heterocycles. The van der Waals surface area contributed by atoms with E-state index < -0.39 is 5.97 Å². The van der Waals surface area contributed by atoms with Crippen molar-refractivity contribution in [3.8, 4) is 0 Å². The topological polar surface area (TPSA) is 55.8 Å². The zero-order valence-electron chi connectivity index (χ0n) is 7.41. The van der Waals surface area contributed by atoms with Crippen LogP contribution in [0.25, 0.3) is 0 Å². The predicted molar refractivity (Wildman–Crippen MR) is 43.7 cm³/mol. The Labute approximate surface area is 72.4 Å². The van der Waals surface area contributed by atoms with Crippen molar-refractivity contribution in [3.63, 3.8) is 0 Å². The number of rotatable bonds is 8. The molecular formula is C8H16O4. The van der Waals surface area contributed by atoms with Gasteiger partial charge in [-0.2, -0.15) is 0 Å². The zero-order chi connectivity index (χ0) is 9.23. The maximum absolute atomic E-state index is 9.93. The molecule has 0 aliphatic heterocycles. The summed E-state index contributed by atoms with van der Waals surface area (Å²) in [6, 6.07) is 0. The molecule has 0 aromatic carbocycles. The van der Waals surface area contributed by atoms with Gasteiger partial charge in [0.15, 0.2) is 6.61 Å². The van der Waals surface area contributed by atoms with Crippen LogP contribution >= 0.6 is 0 Å². The molecule has 0 fully saturated rings. The van der Waals surface area contributed by atoms with Crippen LogP contribution in [0.1, 0.15) is 32.6 Å². The Balaban J connectivity index is 2.86. The molecule has 0 aliphatic carbocycles. The summed E-state index contributed by atoms with van der Waals surface area (Å²) >= 11 is 0. The van der Waals surface area contributed by atoms with Gasteiger partial charge in [0.25, 0.3) is 0 Å². The van der Waals surface area contributed by atoms with Gasteiger partial charge in [-0.15, -0.1) is 0 Å². The van der Waals surface area contributed by atoms with E-state index in [1.807, 2.05) is 0 Å². The van der Waals surface area contributed by atoms with E-state index in [-0.39, 0.29) is 6.61 Å². The molecule has 0 amide bonds. The van der Waals surface area contributed by atoms with Gasteiger partial charge < -0.3 is 5.11 Å². The van der Waals surface area contributed by atoms with E-state index >= 15 is 0 Å². The van der Waals surface area contributed by atoms with Gasteiger partial charge in [-0.25, -0.2) is 14.6 Å². The van der Waals surface area contributed by atoms with Crippen molar-refractivity contribution >= 4 is 5.97 Å². The Bertz CT molecular complexity index is 114. The van der Waals surface area contributed by atoms with Crippen LogP contribution in [-0.4, -0.2) is 24.3 Å². The first-order chi connectivity index (χ1) is 5.77. The second-order valence-corrected chi connectivity index (χ2v) is 2.54. The summed E-state index contributed by atoms with van der Waals surface area (Å²) in [6.07, 6.45) is 4.39. The molecule has 0 rings (SSSR count). The average Bonchev–Trinajstić information content (AvgIpc) is 2.02. The number of carboxylic acid groups (broad SMARTS) is 1. The van der Waals surface area contributed by atoms with Crippen LogP contribution in [0.15, 0.2) is 0 Å². The fraction of sp³-hybridized carbons (Fsp3) is 0.875. The van der Waals surface area contributed by atoms with Gasteiger partial charge in [0.2, 0.25) is 0 Å². The van der Waals surface area contributed by atoms with E-state index in [9.17, 15) is 4.79 Å². The van der Waals surface area contributed by atoms with E-state index in [4.69, 9.17) is 5.11 Å². The summed E-state index contributed by atoms with van der Waals surface area (Å²) < 4.78 is 0. The van der Waals surface area contributed by atoms with E-state index in [2.05, 4.69) is 16.7 Å². The highest BCUT2D eigenvalue weighted by Gasteiger charge is 1.96. The molecule has 0 heterocycles. The first kappa shape index (κ1) is 11.4. The van der Waals surface area contributed by atoms with E-state index in [1.54, 1.807) is 0 Å². The summed E-state index contributed by atoms with van der Waals surface area (Å²) in [7, 11) is 0. The summed E-state index contributed by atoms with van der Waals surface area (Å²) in [6.45, 7) is 2.23. The van der Waals surface area contributed by atoms with Crippen molar-refractivity contribution in [2.75, 3.05) is 13.2 Å². The third kappa shape index (κ3) is 9.39. The van der Waals surface area contributed by atoms with Gasteiger partial charge in [0, 0.05) is 0 Å². The molecule has 0 unspecified atom stereocenters. The number of carboxylic acids is 1. The van der Waals surface area contributed by atoms with Crippen molar-refractivity contribution < 1.29 is 19.7 Å². The van der Waals surface area contributed by atoms with Gasteiger partial charge >= 0.3 is 5.97 Å². The molecule has 4 heteroatoms. The summed E-state index contributed by atoms with van der Waals surface area (Å²) in [5, 5.41) is 8.15. The van der Waals surface area contributed by atoms with Gasteiger partial charge in [0.05, 0.1) is 6.61 Å². The standard InChI is InChI=1S/C8H16O4/c1-2-3-4-5-6-11-12-7-8(9)10/h2-7H2,1H3,(H,9,10). The molecule has 0 atom stereocenters. The fourth-order valence-corrected chi connectivity index (χ4v) is 0.739. The highest BCUT2D eigenvalue weighted by molar-refractivity contribution is 5.67. The second kappa shape index (κ2) is 8.49. The summed E-state index contributed by atoms with van der Waals surface area (Å²) in [4.78, 5) is 18.9. The number of carbonyl (C=O) groups is 1. The van der Waals surface area contributed by atoms with Gasteiger partial charge in [-0.1, -0.05) is 26.2 Å². The van der Waals surface area contributed by atoms with Crippen LogP contribution in [0.5, 0.6) is 0 Å². The maximum Gasteiger partial charge on any atom is 0.333 e. The van der Waals surface area contributed by atoms with Gasteiger partial charge in [-0.3, -0.25) is 0 Å². The number of aliphatic carboxylic acids is 1. The van der Waals surface area contributed by atoms with Crippen LogP contribution < -0.4 is 0 Å². The van der Waals surface area contributed by atoms with Crippen LogP contribution in [0.2, 0.25) is 0 Å². The van der Waals surface area contributed by atoms with Gasteiger partial charge in [-0.05, 0) is 6.42 Å². The molecule has 0 spiro atoms. The van der Waals surface area contributed by atoms with Crippen molar-refractivity contribution in [2.24, 2.45) is 0 Å². The minimum atomic E-state index is -1.01. The molecule has 4 nitrogen and oxygen atoms in total. The van der Waals surface area contributed by atoms with Crippen molar-refractivity contribution in [1.82, 2.24) is 0 Å². The first-order valence-electron chi connectivity index (χ1n) is 4.23. The minimum Gasteiger partial charge on any atom is -0.479 e. The lowest BCUT2D eigenvalue weighted by molar-refractivity contribution is -0.292. The summed E-state index contributed by atoms with van der Waals surface area (Å²) in [5.74, 6) is -1.01. The maximum atomic E-state index is 9.93. The molecule has 0 radical (unpaired) electrons. The van der Waals surface area contributed by atoms with Gasteiger partial charge in [0.1, 0.15) is 0 Å². The van der Waals surface area contributed by atoms with E-state index in [1.165, 1.54) is 12.8 Å². The third-order valence-electron chi connectivity index (χ3n) is 1.35. The van der Waals surface area contributed by atoms with Crippen molar-refractivity contribution in [1.29, 1.82) is 0 Å². The Kier molecular flexibility index (Phi) is 8.05. The quantitative estimate of drug-likeness (QED) is 0.346. The summed E-state index contributed by atoms with van der Waals surface area (Å²) in [5.41, 5.74) is 0. The lowest BCUT2D eigenvalue weighted by Gasteiger charge is -2.00. The predicted octanol–water partition coefficient (Wildman–Crippen LogP) is 1.60. The lowest BCUT2D eigenvalue weighted by atomic mass is 10.2. The second-order valence-electron chi connectivity index (χ2n) is 2.54. The largest absolute Gasteiger partial charge is 0.479 e. The SMILES string of the molecule is CCCCCCOOCC(=O)O. The van der Waals surface area contributed by atoms with E-state index in [0.29, 0.717) is 6.61 Å². The highest BCUT2D eigenvalue weighted by atomic mass is 17.2. The van der Waals surface area contributed by atoms with Crippen LogP contribution in [0.3, 0.4) is 0 Å². The highest BCUT2D eigenvalue weighted by Crippen LogP contribution is 1.98. The first-order valence-corrected chi connectivity index (χ1v) is 4.23. The molecular weight excluding hydrogens is 160 g/mol. The van der Waals surface area contributed by atoms with Crippen molar-refractivity contribution in [3.05, 3.63) is 0 Å². The molecule has 72 valence electrons. The zero-order valence-corrected chi connectivity index (χ0v) is 7.41. The number of hydrogen-bond acceptors (Lipinski definition) is 3. The van der Waals surface area contributed by atoms with Crippen LogP contribution in [-0.2, 0) is 14.6 Å². The van der Waals surface area contributed by atoms with E-state index in [0.717, 1.165) is 12.8 Å². The van der Waals surface area contributed by atoms with Crippen LogP contribution in [0, 0.1) is 0 Å². The molecule has 0 bridgehead atoms. The number of hydrogen-bond donors (Lipinski definition) is 1. The minimum absolute atomic E-state index is 0.381. The normalized spacial score (nSPS) is 10.1. The molecule has 0 aliphatic rings.